The van der Waals surface area contributed by atoms with Gasteiger partial charge in [-0.2, -0.15) is 0 Å². The fourth-order valence-corrected chi connectivity index (χ4v) is 2.48. The van der Waals surface area contributed by atoms with Gasteiger partial charge in [0.15, 0.2) is 0 Å². The van der Waals surface area contributed by atoms with Gasteiger partial charge in [-0.1, -0.05) is 6.92 Å². The van der Waals surface area contributed by atoms with Gasteiger partial charge in [-0.05, 0) is 25.2 Å². The Morgan fingerprint density at radius 3 is 2.36 bits per heavy atom. The van der Waals surface area contributed by atoms with E-state index in [-0.39, 0.29) is 11.5 Å². The average molecular weight is 200 g/mol. The summed E-state index contributed by atoms with van der Waals surface area (Å²) in [6, 6.07) is 0. The fourth-order valence-electron chi connectivity index (χ4n) is 2.48. The molecule has 3 heteroatoms. The van der Waals surface area contributed by atoms with Gasteiger partial charge in [-0.25, -0.2) is 0 Å². The molecule has 2 aliphatic rings. The minimum absolute atomic E-state index is 0.0575. The zero-order chi connectivity index (χ0) is 10.0. The molecule has 0 bridgehead atoms. The van der Waals surface area contributed by atoms with Crippen molar-refractivity contribution in [1.29, 1.82) is 0 Å². The maximum absolute atomic E-state index is 10.3. The van der Waals surface area contributed by atoms with Crippen molar-refractivity contribution in [2.45, 2.75) is 32.3 Å². The van der Waals surface area contributed by atoms with E-state index in [0.29, 0.717) is 5.92 Å². The predicted molar refractivity (Wildman–Crippen MR) is 53.1 cm³/mol. The molecule has 3 nitrogen and oxygen atoms in total. The Bertz CT molecular complexity index is 177. The summed E-state index contributed by atoms with van der Waals surface area (Å²) in [5, 5.41) is 10.3. The van der Waals surface area contributed by atoms with Crippen LogP contribution in [0, 0.1) is 11.3 Å². The molecular formula is C11H20O3. The second kappa shape index (κ2) is 4.17. The highest BCUT2D eigenvalue weighted by Crippen LogP contribution is 2.40. The molecule has 82 valence electrons. The Kier molecular flexibility index (Phi) is 3.10. The highest BCUT2D eigenvalue weighted by atomic mass is 16.5. The normalized spacial score (nSPS) is 29.6. The number of hydrogen-bond acceptors (Lipinski definition) is 3. The van der Waals surface area contributed by atoms with Gasteiger partial charge in [0, 0.05) is 18.6 Å². The molecule has 0 radical (unpaired) electrons. The predicted octanol–water partition coefficient (Wildman–Crippen LogP) is 1.20. The summed E-state index contributed by atoms with van der Waals surface area (Å²) >= 11 is 0. The number of aliphatic hydroxyl groups excluding tert-OH is 1. The zero-order valence-corrected chi connectivity index (χ0v) is 8.87. The highest BCUT2D eigenvalue weighted by molar-refractivity contribution is 4.94. The van der Waals surface area contributed by atoms with Crippen LogP contribution < -0.4 is 0 Å². The maximum Gasteiger partial charge on any atom is 0.0670 e. The van der Waals surface area contributed by atoms with Crippen LogP contribution >= 0.6 is 0 Å². The van der Waals surface area contributed by atoms with Crippen LogP contribution in [-0.2, 0) is 9.47 Å². The molecule has 2 heterocycles. The third-order valence-corrected chi connectivity index (χ3v) is 3.82. The van der Waals surface area contributed by atoms with E-state index in [9.17, 15) is 5.11 Å². The van der Waals surface area contributed by atoms with Gasteiger partial charge in [-0.15, -0.1) is 0 Å². The van der Waals surface area contributed by atoms with Gasteiger partial charge in [0.05, 0.1) is 19.3 Å². The average Bonchev–Trinajstić information content (AvgIpc) is 2.18. The summed E-state index contributed by atoms with van der Waals surface area (Å²) in [7, 11) is 0. The molecular weight excluding hydrogens is 180 g/mol. The van der Waals surface area contributed by atoms with Crippen molar-refractivity contribution in [1.82, 2.24) is 0 Å². The van der Waals surface area contributed by atoms with Crippen LogP contribution in [0.4, 0.5) is 0 Å². The maximum atomic E-state index is 10.3. The summed E-state index contributed by atoms with van der Waals surface area (Å²) in [6.45, 7) is 5.24. The molecule has 2 saturated heterocycles. The summed E-state index contributed by atoms with van der Waals surface area (Å²) in [4.78, 5) is 0. The molecule has 0 amide bonds. The van der Waals surface area contributed by atoms with Gasteiger partial charge in [0.2, 0.25) is 0 Å². The van der Waals surface area contributed by atoms with Crippen LogP contribution in [0.25, 0.3) is 0 Å². The molecule has 0 aromatic heterocycles. The molecule has 0 aromatic carbocycles. The van der Waals surface area contributed by atoms with E-state index in [2.05, 4.69) is 6.92 Å². The van der Waals surface area contributed by atoms with Crippen molar-refractivity contribution in [3.05, 3.63) is 0 Å². The van der Waals surface area contributed by atoms with E-state index in [4.69, 9.17) is 9.47 Å². The molecule has 1 N–H and O–H groups in total. The van der Waals surface area contributed by atoms with Gasteiger partial charge in [-0.3, -0.25) is 0 Å². The SMILES string of the molecule is CCC1(C(O)C2CCOCC2)COC1. The van der Waals surface area contributed by atoms with Gasteiger partial charge in [0.1, 0.15) is 0 Å². The first kappa shape index (κ1) is 10.4. The van der Waals surface area contributed by atoms with Crippen LogP contribution in [0.5, 0.6) is 0 Å². The largest absolute Gasteiger partial charge is 0.392 e. The molecule has 0 aliphatic carbocycles. The number of hydrogen-bond donors (Lipinski definition) is 1. The van der Waals surface area contributed by atoms with Crippen molar-refractivity contribution < 1.29 is 14.6 Å². The van der Waals surface area contributed by atoms with E-state index in [0.717, 1.165) is 45.7 Å². The van der Waals surface area contributed by atoms with E-state index >= 15 is 0 Å². The molecule has 0 aromatic rings. The van der Waals surface area contributed by atoms with Crippen LogP contribution in [0.2, 0.25) is 0 Å². The Labute approximate surface area is 85.4 Å². The minimum atomic E-state index is -0.190. The zero-order valence-electron chi connectivity index (χ0n) is 8.87. The summed E-state index contributed by atoms with van der Waals surface area (Å²) < 4.78 is 10.6. The van der Waals surface area contributed by atoms with Crippen molar-refractivity contribution >= 4 is 0 Å². The van der Waals surface area contributed by atoms with Crippen molar-refractivity contribution in [3.63, 3.8) is 0 Å². The number of ether oxygens (including phenoxy) is 2. The van der Waals surface area contributed by atoms with Crippen molar-refractivity contribution in [3.8, 4) is 0 Å². The second-order valence-corrected chi connectivity index (χ2v) is 4.60. The molecule has 2 rings (SSSR count). The number of aliphatic hydroxyl groups is 1. The Balaban J connectivity index is 1.94. The first-order chi connectivity index (χ1) is 6.78. The Morgan fingerprint density at radius 1 is 1.29 bits per heavy atom. The van der Waals surface area contributed by atoms with Gasteiger partial charge < -0.3 is 14.6 Å². The molecule has 2 fully saturated rings. The third kappa shape index (κ3) is 1.69. The van der Waals surface area contributed by atoms with Crippen molar-refractivity contribution in [2.75, 3.05) is 26.4 Å². The van der Waals surface area contributed by atoms with Crippen LogP contribution in [0.1, 0.15) is 26.2 Å². The Hall–Kier alpha value is -0.120. The van der Waals surface area contributed by atoms with Crippen LogP contribution in [0.3, 0.4) is 0 Å². The summed E-state index contributed by atoms with van der Waals surface area (Å²) in [6.07, 6.45) is 2.84. The van der Waals surface area contributed by atoms with Crippen LogP contribution in [-0.4, -0.2) is 37.6 Å². The third-order valence-electron chi connectivity index (χ3n) is 3.82. The van der Waals surface area contributed by atoms with Gasteiger partial charge in [0.25, 0.3) is 0 Å². The van der Waals surface area contributed by atoms with E-state index in [1.165, 1.54) is 0 Å². The minimum Gasteiger partial charge on any atom is -0.392 e. The lowest BCUT2D eigenvalue weighted by Gasteiger charge is -2.47. The summed E-state index contributed by atoms with van der Waals surface area (Å²) in [5.41, 5.74) is 0.0575. The first-order valence-corrected chi connectivity index (χ1v) is 5.62. The Morgan fingerprint density at radius 2 is 1.93 bits per heavy atom. The number of rotatable bonds is 3. The molecule has 0 spiro atoms. The summed E-state index contributed by atoms with van der Waals surface area (Å²) in [5.74, 6) is 0.424. The topological polar surface area (TPSA) is 38.7 Å². The molecule has 14 heavy (non-hydrogen) atoms. The highest BCUT2D eigenvalue weighted by Gasteiger charge is 2.46. The molecule has 1 atom stereocenters. The molecule has 0 saturated carbocycles. The lowest BCUT2D eigenvalue weighted by atomic mass is 9.71. The monoisotopic (exact) mass is 200 g/mol. The lowest BCUT2D eigenvalue weighted by molar-refractivity contribution is -0.194. The molecule has 1 unspecified atom stereocenters. The second-order valence-electron chi connectivity index (χ2n) is 4.60. The van der Waals surface area contributed by atoms with Crippen molar-refractivity contribution in [2.24, 2.45) is 11.3 Å². The van der Waals surface area contributed by atoms with E-state index in [1.807, 2.05) is 0 Å². The van der Waals surface area contributed by atoms with Gasteiger partial charge >= 0.3 is 0 Å². The molecule has 2 aliphatic heterocycles. The van der Waals surface area contributed by atoms with E-state index < -0.39 is 0 Å². The quantitative estimate of drug-likeness (QED) is 0.744. The lowest BCUT2D eigenvalue weighted by Crippen LogP contribution is -2.54. The standard InChI is InChI=1S/C11H20O3/c1-2-11(7-14-8-11)10(12)9-3-5-13-6-4-9/h9-10,12H,2-8H2,1H3. The smallest absolute Gasteiger partial charge is 0.0670 e. The van der Waals surface area contributed by atoms with E-state index in [1.54, 1.807) is 0 Å². The van der Waals surface area contributed by atoms with Crippen LogP contribution in [0.15, 0.2) is 0 Å². The fraction of sp³-hybridized carbons (Fsp3) is 1.00. The first-order valence-electron chi connectivity index (χ1n) is 5.62.